The number of nitrogens with two attached hydrogens (primary N) is 1. The largest absolute Gasteiger partial charge is 0.349 e. The molecule has 13 heavy (non-hydrogen) atoms. The van der Waals surface area contributed by atoms with Crippen LogP contribution in [-0.2, 0) is 18.4 Å². The molecule has 0 aromatic carbocycles. The van der Waals surface area contributed by atoms with Crippen LogP contribution in [0.25, 0.3) is 0 Å². The van der Waals surface area contributed by atoms with Gasteiger partial charge in [-0.25, -0.2) is 0 Å². The second kappa shape index (κ2) is 4.04. The molecule has 3 N–H and O–H groups in total. The summed E-state index contributed by atoms with van der Waals surface area (Å²) >= 11 is 0. The first-order chi connectivity index (χ1) is 6.09. The van der Waals surface area contributed by atoms with Gasteiger partial charge in [0.05, 0.1) is 18.3 Å². The van der Waals surface area contributed by atoms with E-state index in [2.05, 4.69) is 10.4 Å². The second-order valence-corrected chi connectivity index (χ2v) is 2.99. The molecule has 0 aliphatic rings. The van der Waals surface area contributed by atoms with Gasteiger partial charge in [-0.1, -0.05) is 0 Å². The van der Waals surface area contributed by atoms with Crippen molar-refractivity contribution < 1.29 is 4.79 Å². The molecule has 1 amide bonds. The molecule has 1 aromatic heterocycles. The minimum atomic E-state index is -0.469. The zero-order chi connectivity index (χ0) is 9.84. The van der Waals surface area contributed by atoms with Gasteiger partial charge in [-0.2, -0.15) is 5.10 Å². The normalized spacial score (nSPS) is 12.5. The summed E-state index contributed by atoms with van der Waals surface area (Å²) in [7, 11) is 1.83. The molecular weight excluding hydrogens is 168 g/mol. The molecule has 72 valence electrons. The average Bonchev–Trinajstić information content (AvgIpc) is 2.47. The Hall–Kier alpha value is -1.36. The van der Waals surface area contributed by atoms with Crippen LogP contribution in [0.15, 0.2) is 12.3 Å². The third kappa shape index (κ3) is 2.87. The fourth-order valence-electron chi connectivity index (χ4n) is 0.896. The van der Waals surface area contributed by atoms with Crippen molar-refractivity contribution in [2.24, 2.45) is 12.8 Å². The Morgan fingerprint density at radius 3 is 3.00 bits per heavy atom. The Morgan fingerprint density at radius 1 is 1.85 bits per heavy atom. The standard InChI is InChI=1S/C8H14N4O/c1-6(9)8(13)10-5-7-3-4-12(2)11-7/h3-4,6H,5,9H2,1-2H3,(H,10,13)/t6-/m1/s1. The van der Waals surface area contributed by atoms with E-state index in [1.165, 1.54) is 0 Å². The number of nitrogens with one attached hydrogen (secondary N) is 1. The number of amides is 1. The highest BCUT2D eigenvalue weighted by molar-refractivity contribution is 5.80. The summed E-state index contributed by atoms with van der Waals surface area (Å²) in [6, 6.07) is 1.38. The van der Waals surface area contributed by atoms with Crippen LogP contribution in [0.5, 0.6) is 0 Å². The molecule has 0 spiro atoms. The Kier molecular flexibility index (Phi) is 3.02. The molecule has 5 nitrogen and oxygen atoms in total. The minimum Gasteiger partial charge on any atom is -0.349 e. The van der Waals surface area contributed by atoms with Gasteiger partial charge in [-0.15, -0.1) is 0 Å². The molecule has 0 unspecified atom stereocenters. The molecule has 0 radical (unpaired) electrons. The Bertz CT molecular complexity index is 292. The third-order valence-electron chi connectivity index (χ3n) is 1.63. The van der Waals surface area contributed by atoms with Crippen molar-refractivity contribution in [3.8, 4) is 0 Å². The number of aryl methyl sites for hydroxylation is 1. The number of carbonyl (C=O) groups is 1. The van der Waals surface area contributed by atoms with Gasteiger partial charge in [-0.3, -0.25) is 9.48 Å². The molecule has 0 aliphatic heterocycles. The number of hydrogen-bond acceptors (Lipinski definition) is 3. The van der Waals surface area contributed by atoms with E-state index in [1.807, 2.05) is 19.3 Å². The van der Waals surface area contributed by atoms with Gasteiger partial charge >= 0.3 is 0 Å². The number of carbonyl (C=O) groups excluding carboxylic acids is 1. The number of nitrogens with zero attached hydrogens (tertiary/aromatic N) is 2. The zero-order valence-corrected chi connectivity index (χ0v) is 7.82. The average molecular weight is 182 g/mol. The third-order valence-corrected chi connectivity index (χ3v) is 1.63. The molecule has 1 rings (SSSR count). The van der Waals surface area contributed by atoms with E-state index in [0.717, 1.165) is 5.69 Å². The zero-order valence-electron chi connectivity index (χ0n) is 7.82. The first kappa shape index (κ1) is 9.73. The monoisotopic (exact) mass is 182 g/mol. The smallest absolute Gasteiger partial charge is 0.236 e. The summed E-state index contributed by atoms with van der Waals surface area (Å²) in [5.41, 5.74) is 6.20. The van der Waals surface area contributed by atoms with Crippen LogP contribution in [0.2, 0.25) is 0 Å². The maximum Gasteiger partial charge on any atom is 0.236 e. The molecule has 0 bridgehead atoms. The molecule has 0 saturated carbocycles. The van der Waals surface area contributed by atoms with Crippen LogP contribution in [0.4, 0.5) is 0 Å². The van der Waals surface area contributed by atoms with Crippen LogP contribution in [0.1, 0.15) is 12.6 Å². The minimum absolute atomic E-state index is 0.161. The van der Waals surface area contributed by atoms with Gasteiger partial charge in [0.25, 0.3) is 0 Å². The van der Waals surface area contributed by atoms with Crippen molar-refractivity contribution in [1.82, 2.24) is 15.1 Å². The van der Waals surface area contributed by atoms with Gasteiger partial charge < -0.3 is 11.1 Å². The van der Waals surface area contributed by atoms with E-state index in [1.54, 1.807) is 11.6 Å². The molecule has 1 aromatic rings. The lowest BCUT2D eigenvalue weighted by Gasteiger charge is -2.05. The highest BCUT2D eigenvalue weighted by atomic mass is 16.2. The predicted molar refractivity (Wildman–Crippen MR) is 48.7 cm³/mol. The number of hydrogen-bond donors (Lipinski definition) is 2. The van der Waals surface area contributed by atoms with E-state index in [-0.39, 0.29) is 5.91 Å². The number of aromatic nitrogens is 2. The summed E-state index contributed by atoms with van der Waals surface area (Å²) in [5, 5.41) is 6.78. The fraction of sp³-hybridized carbons (Fsp3) is 0.500. The topological polar surface area (TPSA) is 72.9 Å². The lowest BCUT2D eigenvalue weighted by Crippen LogP contribution is -2.37. The van der Waals surface area contributed by atoms with Crippen molar-refractivity contribution in [2.75, 3.05) is 0 Å². The summed E-state index contributed by atoms with van der Waals surface area (Å²) in [5.74, 6) is -0.161. The van der Waals surface area contributed by atoms with Crippen LogP contribution < -0.4 is 11.1 Å². The van der Waals surface area contributed by atoms with Crippen molar-refractivity contribution in [2.45, 2.75) is 19.5 Å². The lowest BCUT2D eigenvalue weighted by molar-refractivity contribution is -0.122. The van der Waals surface area contributed by atoms with Crippen molar-refractivity contribution >= 4 is 5.91 Å². The van der Waals surface area contributed by atoms with Crippen LogP contribution in [0, 0.1) is 0 Å². The van der Waals surface area contributed by atoms with E-state index in [9.17, 15) is 4.79 Å². The van der Waals surface area contributed by atoms with Gasteiger partial charge in [0.1, 0.15) is 0 Å². The summed E-state index contributed by atoms with van der Waals surface area (Å²) in [6.45, 7) is 2.08. The summed E-state index contributed by atoms with van der Waals surface area (Å²) in [4.78, 5) is 11.1. The van der Waals surface area contributed by atoms with Gasteiger partial charge in [0, 0.05) is 13.2 Å². The maximum atomic E-state index is 11.1. The molecular formula is C8H14N4O. The van der Waals surface area contributed by atoms with Crippen molar-refractivity contribution in [1.29, 1.82) is 0 Å². The summed E-state index contributed by atoms with van der Waals surface area (Å²) < 4.78 is 1.69. The van der Waals surface area contributed by atoms with E-state index < -0.39 is 6.04 Å². The van der Waals surface area contributed by atoms with Gasteiger partial charge in [0.2, 0.25) is 5.91 Å². The van der Waals surface area contributed by atoms with Crippen LogP contribution >= 0.6 is 0 Å². The van der Waals surface area contributed by atoms with E-state index >= 15 is 0 Å². The molecule has 0 saturated heterocycles. The van der Waals surface area contributed by atoms with Crippen molar-refractivity contribution in [3.63, 3.8) is 0 Å². The fourth-order valence-corrected chi connectivity index (χ4v) is 0.896. The molecule has 1 heterocycles. The first-order valence-corrected chi connectivity index (χ1v) is 4.11. The highest BCUT2D eigenvalue weighted by Gasteiger charge is 2.06. The molecule has 0 fully saturated rings. The predicted octanol–water partition coefficient (Wildman–Crippen LogP) is -0.617. The van der Waals surface area contributed by atoms with E-state index in [4.69, 9.17) is 5.73 Å². The first-order valence-electron chi connectivity index (χ1n) is 4.11. The van der Waals surface area contributed by atoms with Crippen LogP contribution in [0.3, 0.4) is 0 Å². The molecule has 0 aliphatic carbocycles. The van der Waals surface area contributed by atoms with E-state index in [0.29, 0.717) is 6.54 Å². The number of rotatable bonds is 3. The maximum absolute atomic E-state index is 11.1. The molecule has 5 heteroatoms. The Balaban J connectivity index is 2.39. The Labute approximate surface area is 76.9 Å². The lowest BCUT2D eigenvalue weighted by atomic mass is 10.3. The highest BCUT2D eigenvalue weighted by Crippen LogP contribution is 1.92. The second-order valence-electron chi connectivity index (χ2n) is 2.99. The summed E-state index contributed by atoms with van der Waals surface area (Å²) in [6.07, 6.45) is 1.83. The van der Waals surface area contributed by atoms with Crippen LogP contribution in [-0.4, -0.2) is 21.7 Å². The van der Waals surface area contributed by atoms with Gasteiger partial charge in [0.15, 0.2) is 0 Å². The Morgan fingerprint density at radius 2 is 2.54 bits per heavy atom. The SMILES string of the molecule is C[C@@H](N)C(=O)NCc1ccn(C)n1. The quantitative estimate of drug-likeness (QED) is 0.654. The van der Waals surface area contributed by atoms with Gasteiger partial charge in [-0.05, 0) is 13.0 Å². The molecule has 1 atom stereocenters. The van der Waals surface area contributed by atoms with Crippen molar-refractivity contribution in [3.05, 3.63) is 18.0 Å².